The molecule has 1 aromatic carbocycles. The lowest BCUT2D eigenvalue weighted by Gasteiger charge is -2.39. The Bertz CT molecular complexity index is 760. The third kappa shape index (κ3) is 4.05. The predicted octanol–water partition coefficient (Wildman–Crippen LogP) is 2.70. The standard InChI is InChI=1S/C22H31F2N3O2/c1-13(2)22(28)27-7-3-4-14-10-26(11-20(14)27)16-9-19(25)21(29-12-16)17-8-15(23)5-6-18(17)24/h5-6,8,13-14,16,19-21H,3-4,7,9-12,25H2,1-2H3/t14?,16-,19+,20?,21-/m1/s1. The number of nitrogens with two attached hydrogens (primary N) is 1. The van der Waals surface area contributed by atoms with Crippen LogP contribution in [0.1, 0.15) is 44.8 Å². The first-order chi connectivity index (χ1) is 13.8. The second kappa shape index (κ2) is 8.28. The van der Waals surface area contributed by atoms with Crippen molar-refractivity contribution in [1.82, 2.24) is 9.80 Å². The van der Waals surface area contributed by atoms with E-state index in [1.165, 1.54) is 6.07 Å². The summed E-state index contributed by atoms with van der Waals surface area (Å²) in [4.78, 5) is 17.1. The maximum Gasteiger partial charge on any atom is 0.225 e. The first kappa shape index (κ1) is 20.7. The van der Waals surface area contributed by atoms with Crippen molar-refractivity contribution >= 4 is 5.91 Å². The number of hydrogen-bond donors (Lipinski definition) is 1. The molecule has 2 unspecified atom stereocenters. The number of benzene rings is 1. The van der Waals surface area contributed by atoms with Crippen molar-refractivity contribution in [2.75, 3.05) is 26.2 Å². The molecule has 5 nitrogen and oxygen atoms in total. The SMILES string of the molecule is CC(C)C(=O)N1CCCC2CN([C@H]3CO[C@H](c4cc(F)ccc4F)[C@@H](N)C3)CC21. The zero-order valence-corrected chi connectivity index (χ0v) is 17.2. The summed E-state index contributed by atoms with van der Waals surface area (Å²) in [5.41, 5.74) is 6.54. The highest BCUT2D eigenvalue weighted by Gasteiger charge is 2.45. The van der Waals surface area contributed by atoms with E-state index < -0.39 is 23.8 Å². The lowest BCUT2D eigenvalue weighted by Crippen LogP contribution is -2.51. The van der Waals surface area contributed by atoms with E-state index in [1.807, 2.05) is 13.8 Å². The van der Waals surface area contributed by atoms with Gasteiger partial charge in [0.2, 0.25) is 5.91 Å². The van der Waals surface area contributed by atoms with Crippen molar-refractivity contribution in [3.8, 4) is 0 Å². The highest BCUT2D eigenvalue weighted by atomic mass is 19.1. The average molecular weight is 408 g/mol. The van der Waals surface area contributed by atoms with E-state index in [0.29, 0.717) is 18.9 Å². The van der Waals surface area contributed by atoms with Gasteiger partial charge in [-0.15, -0.1) is 0 Å². The minimum absolute atomic E-state index is 0.0103. The molecule has 0 spiro atoms. The molecule has 7 heteroatoms. The molecule has 160 valence electrons. The normalized spacial score (nSPS) is 33.2. The average Bonchev–Trinajstić information content (AvgIpc) is 3.13. The van der Waals surface area contributed by atoms with E-state index in [9.17, 15) is 13.6 Å². The molecule has 3 heterocycles. The molecule has 1 amide bonds. The van der Waals surface area contributed by atoms with E-state index in [1.54, 1.807) is 0 Å². The molecule has 4 rings (SSSR count). The van der Waals surface area contributed by atoms with Crippen molar-refractivity contribution in [2.24, 2.45) is 17.6 Å². The van der Waals surface area contributed by atoms with Crippen LogP contribution in [0.4, 0.5) is 8.78 Å². The number of ether oxygens (including phenoxy) is 1. The third-order valence-electron chi connectivity index (χ3n) is 6.77. The number of carbonyl (C=O) groups excluding carboxylic acids is 1. The number of carbonyl (C=O) groups is 1. The molecule has 1 aromatic rings. The minimum atomic E-state index is -0.633. The highest BCUT2D eigenvalue weighted by Crippen LogP contribution is 2.36. The molecular formula is C22H31F2N3O2. The van der Waals surface area contributed by atoms with E-state index in [4.69, 9.17) is 10.5 Å². The van der Waals surface area contributed by atoms with Crippen molar-refractivity contribution in [2.45, 2.75) is 57.3 Å². The number of halogens is 2. The van der Waals surface area contributed by atoms with E-state index in [0.717, 1.165) is 44.6 Å². The van der Waals surface area contributed by atoms with Crippen LogP contribution in [0.25, 0.3) is 0 Å². The van der Waals surface area contributed by atoms with Gasteiger partial charge in [0.05, 0.1) is 6.61 Å². The van der Waals surface area contributed by atoms with Crippen molar-refractivity contribution in [1.29, 1.82) is 0 Å². The van der Waals surface area contributed by atoms with Gasteiger partial charge in [0, 0.05) is 49.2 Å². The van der Waals surface area contributed by atoms with Crippen LogP contribution in [0, 0.1) is 23.5 Å². The molecule has 0 aromatic heterocycles. The van der Waals surface area contributed by atoms with Crippen LogP contribution < -0.4 is 5.73 Å². The maximum absolute atomic E-state index is 14.2. The van der Waals surface area contributed by atoms with Gasteiger partial charge in [-0.3, -0.25) is 9.69 Å². The van der Waals surface area contributed by atoms with Crippen molar-refractivity contribution < 1.29 is 18.3 Å². The van der Waals surface area contributed by atoms with Gasteiger partial charge in [0.15, 0.2) is 0 Å². The smallest absolute Gasteiger partial charge is 0.225 e. The third-order valence-corrected chi connectivity index (χ3v) is 6.77. The summed E-state index contributed by atoms with van der Waals surface area (Å²) in [7, 11) is 0. The number of likely N-dealkylation sites (tertiary alicyclic amines) is 2. The van der Waals surface area contributed by atoms with Gasteiger partial charge in [-0.2, -0.15) is 0 Å². The summed E-state index contributed by atoms with van der Waals surface area (Å²) in [6, 6.07) is 3.40. The molecule has 3 aliphatic rings. The summed E-state index contributed by atoms with van der Waals surface area (Å²) >= 11 is 0. The lowest BCUT2D eigenvalue weighted by molar-refractivity contribution is -0.138. The molecular weight excluding hydrogens is 376 g/mol. The van der Waals surface area contributed by atoms with Crippen LogP contribution in [-0.2, 0) is 9.53 Å². The fourth-order valence-corrected chi connectivity index (χ4v) is 5.27. The van der Waals surface area contributed by atoms with Crippen LogP contribution >= 0.6 is 0 Å². The first-order valence-electron chi connectivity index (χ1n) is 10.7. The fraction of sp³-hybridized carbons (Fsp3) is 0.682. The summed E-state index contributed by atoms with van der Waals surface area (Å²) in [6.07, 6.45) is 2.22. The molecule has 0 saturated carbocycles. The van der Waals surface area contributed by atoms with E-state index in [2.05, 4.69) is 9.80 Å². The first-order valence-corrected chi connectivity index (χ1v) is 10.7. The Balaban J connectivity index is 1.42. The summed E-state index contributed by atoms with van der Waals surface area (Å²) in [6.45, 7) is 6.96. The van der Waals surface area contributed by atoms with Gasteiger partial charge in [-0.05, 0) is 43.4 Å². The molecule has 3 saturated heterocycles. The second-order valence-electron chi connectivity index (χ2n) is 9.08. The number of hydrogen-bond acceptors (Lipinski definition) is 4. The Morgan fingerprint density at radius 1 is 1.28 bits per heavy atom. The molecule has 5 atom stereocenters. The van der Waals surface area contributed by atoms with Crippen molar-refractivity contribution in [3.05, 3.63) is 35.4 Å². The Morgan fingerprint density at radius 3 is 2.79 bits per heavy atom. The van der Waals surface area contributed by atoms with Gasteiger partial charge in [-0.1, -0.05) is 13.8 Å². The van der Waals surface area contributed by atoms with Gasteiger partial charge in [-0.25, -0.2) is 8.78 Å². The van der Waals surface area contributed by atoms with Gasteiger partial charge >= 0.3 is 0 Å². The number of fused-ring (bicyclic) bond motifs is 1. The fourth-order valence-electron chi connectivity index (χ4n) is 5.27. The molecule has 3 fully saturated rings. The molecule has 2 N–H and O–H groups in total. The summed E-state index contributed by atoms with van der Waals surface area (Å²) in [5, 5.41) is 0. The molecule has 3 aliphatic heterocycles. The minimum Gasteiger partial charge on any atom is -0.370 e. The second-order valence-corrected chi connectivity index (χ2v) is 9.08. The quantitative estimate of drug-likeness (QED) is 0.837. The molecule has 0 radical (unpaired) electrons. The predicted molar refractivity (Wildman–Crippen MR) is 106 cm³/mol. The summed E-state index contributed by atoms with van der Waals surface area (Å²) < 4.78 is 33.7. The Labute approximate surface area is 171 Å². The van der Waals surface area contributed by atoms with Crippen LogP contribution in [0.15, 0.2) is 18.2 Å². The van der Waals surface area contributed by atoms with Gasteiger partial charge < -0.3 is 15.4 Å². The Hall–Kier alpha value is -1.57. The van der Waals surface area contributed by atoms with Gasteiger partial charge in [0.1, 0.15) is 17.7 Å². The zero-order valence-electron chi connectivity index (χ0n) is 17.2. The molecule has 0 bridgehead atoms. The van der Waals surface area contributed by atoms with E-state index in [-0.39, 0.29) is 29.5 Å². The number of rotatable bonds is 3. The van der Waals surface area contributed by atoms with Crippen molar-refractivity contribution in [3.63, 3.8) is 0 Å². The van der Waals surface area contributed by atoms with Crippen LogP contribution in [-0.4, -0.2) is 60.1 Å². The van der Waals surface area contributed by atoms with Crippen LogP contribution in [0.3, 0.4) is 0 Å². The maximum atomic E-state index is 14.2. The molecule has 29 heavy (non-hydrogen) atoms. The largest absolute Gasteiger partial charge is 0.370 e. The topological polar surface area (TPSA) is 58.8 Å². The summed E-state index contributed by atoms with van der Waals surface area (Å²) in [5.74, 6) is -0.241. The number of amides is 1. The monoisotopic (exact) mass is 407 g/mol. The zero-order chi connectivity index (χ0) is 20.7. The van der Waals surface area contributed by atoms with Crippen LogP contribution in [0.5, 0.6) is 0 Å². The Kier molecular flexibility index (Phi) is 5.91. The number of piperidine rings is 1. The lowest BCUT2D eigenvalue weighted by atomic mass is 9.91. The highest BCUT2D eigenvalue weighted by molar-refractivity contribution is 5.78. The number of nitrogens with zero attached hydrogens (tertiary/aromatic N) is 2. The van der Waals surface area contributed by atoms with Crippen LogP contribution in [0.2, 0.25) is 0 Å². The molecule has 0 aliphatic carbocycles. The van der Waals surface area contributed by atoms with Gasteiger partial charge in [0.25, 0.3) is 0 Å². The van der Waals surface area contributed by atoms with E-state index >= 15 is 0 Å². The Morgan fingerprint density at radius 2 is 2.07 bits per heavy atom.